The SMILES string of the molecule is Cc1cc(C)c2cc(S(=O)(=O)O)cc(S(=O)(=O)O)c2c1. The summed E-state index contributed by atoms with van der Waals surface area (Å²) in [5, 5.41) is 0.538. The van der Waals surface area contributed by atoms with Crippen molar-refractivity contribution in [2.45, 2.75) is 23.6 Å². The van der Waals surface area contributed by atoms with Gasteiger partial charge in [-0.05, 0) is 36.9 Å². The van der Waals surface area contributed by atoms with Crippen molar-refractivity contribution < 1.29 is 25.9 Å². The largest absolute Gasteiger partial charge is 0.295 e. The monoisotopic (exact) mass is 316 g/mol. The topological polar surface area (TPSA) is 109 Å². The third-order valence-corrected chi connectivity index (χ3v) is 4.66. The van der Waals surface area contributed by atoms with Gasteiger partial charge in [0.15, 0.2) is 0 Å². The molecule has 0 heterocycles. The fourth-order valence-corrected chi connectivity index (χ4v) is 3.46. The highest BCUT2D eigenvalue weighted by molar-refractivity contribution is 7.86. The Kier molecular flexibility index (Phi) is 3.37. The lowest BCUT2D eigenvalue weighted by Gasteiger charge is -2.10. The molecule has 0 bridgehead atoms. The summed E-state index contributed by atoms with van der Waals surface area (Å²) < 4.78 is 63.6. The van der Waals surface area contributed by atoms with Crippen molar-refractivity contribution in [2.24, 2.45) is 0 Å². The first-order valence-electron chi connectivity index (χ1n) is 5.50. The number of fused-ring (bicyclic) bond motifs is 1. The van der Waals surface area contributed by atoms with E-state index < -0.39 is 30.0 Å². The third-order valence-electron chi connectivity index (χ3n) is 2.93. The zero-order chi connectivity index (χ0) is 15.3. The normalized spacial score (nSPS) is 12.8. The van der Waals surface area contributed by atoms with E-state index in [9.17, 15) is 21.4 Å². The highest BCUT2D eigenvalue weighted by Gasteiger charge is 2.21. The van der Waals surface area contributed by atoms with Crippen molar-refractivity contribution in [1.29, 1.82) is 0 Å². The predicted molar refractivity (Wildman–Crippen MR) is 73.1 cm³/mol. The molecule has 108 valence electrons. The van der Waals surface area contributed by atoms with Crippen LogP contribution in [-0.2, 0) is 20.2 Å². The molecule has 0 spiro atoms. The summed E-state index contributed by atoms with van der Waals surface area (Å²) in [6.07, 6.45) is 0. The number of hydrogen-bond donors (Lipinski definition) is 2. The van der Waals surface area contributed by atoms with Gasteiger partial charge in [0.2, 0.25) is 0 Å². The summed E-state index contributed by atoms with van der Waals surface area (Å²) in [6.45, 7) is 3.42. The highest BCUT2D eigenvalue weighted by Crippen LogP contribution is 2.30. The Labute approximate surface area is 116 Å². The van der Waals surface area contributed by atoms with Crippen LogP contribution in [0.2, 0.25) is 0 Å². The van der Waals surface area contributed by atoms with Crippen LogP contribution >= 0.6 is 0 Å². The van der Waals surface area contributed by atoms with E-state index in [1.54, 1.807) is 19.9 Å². The molecule has 2 rings (SSSR count). The Hall–Kier alpha value is -1.48. The van der Waals surface area contributed by atoms with Crippen LogP contribution in [0.4, 0.5) is 0 Å². The molecule has 0 unspecified atom stereocenters. The van der Waals surface area contributed by atoms with Gasteiger partial charge in [-0.3, -0.25) is 9.11 Å². The maximum absolute atomic E-state index is 11.4. The molecule has 0 amide bonds. The van der Waals surface area contributed by atoms with E-state index in [1.807, 2.05) is 0 Å². The second-order valence-electron chi connectivity index (χ2n) is 4.55. The molecule has 0 aliphatic carbocycles. The van der Waals surface area contributed by atoms with Crippen molar-refractivity contribution in [3.63, 3.8) is 0 Å². The molecular weight excluding hydrogens is 304 g/mol. The first-order valence-corrected chi connectivity index (χ1v) is 8.38. The van der Waals surface area contributed by atoms with E-state index in [-0.39, 0.29) is 5.39 Å². The van der Waals surface area contributed by atoms with Crippen molar-refractivity contribution in [3.8, 4) is 0 Å². The van der Waals surface area contributed by atoms with Crippen molar-refractivity contribution in [2.75, 3.05) is 0 Å². The number of hydrogen-bond acceptors (Lipinski definition) is 4. The Morgan fingerprint density at radius 2 is 1.40 bits per heavy atom. The molecule has 2 N–H and O–H groups in total. The molecule has 20 heavy (non-hydrogen) atoms. The maximum Gasteiger partial charge on any atom is 0.295 e. The number of rotatable bonds is 2. The Bertz CT molecular complexity index is 911. The standard InChI is InChI=1S/C12H12O6S2/c1-7-3-8(2)10-5-9(19(13,14)15)6-12(11(10)4-7)20(16,17)18/h3-6H,1-2H3,(H,13,14,15)(H,16,17,18). The fourth-order valence-electron chi connectivity index (χ4n) is 2.13. The minimum atomic E-state index is -4.62. The smallest absolute Gasteiger partial charge is 0.282 e. The van der Waals surface area contributed by atoms with Gasteiger partial charge in [-0.25, -0.2) is 0 Å². The summed E-state index contributed by atoms with van der Waals surface area (Å²) in [6, 6.07) is 5.18. The molecule has 2 aromatic rings. The Morgan fingerprint density at radius 1 is 0.800 bits per heavy atom. The summed E-state index contributed by atoms with van der Waals surface area (Å²) in [4.78, 5) is -1.13. The van der Waals surface area contributed by atoms with E-state index in [2.05, 4.69) is 0 Å². The van der Waals surface area contributed by atoms with E-state index in [4.69, 9.17) is 4.55 Å². The average molecular weight is 316 g/mol. The van der Waals surface area contributed by atoms with Crippen molar-refractivity contribution >= 4 is 31.0 Å². The molecule has 0 radical (unpaired) electrons. The van der Waals surface area contributed by atoms with Crippen LogP contribution in [0, 0.1) is 13.8 Å². The van der Waals surface area contributed by atoms with Gasteiger partial charge >= 0.3 is 0 Å². The molecule has 0 atom stereocenters. The molecule has 6 nitrogen and oxygen atoms in total. The van der Waals surface area contributed by atoms with Gasteiger partial charge in [0, 0.05) is 5.39 Å². The molecule has 0 saturated carbocycles. The van der Waals surface area contributed by atoms with Crippen LogP contribution in [0.15, 0.2) is 34.1 Å². The lowest BCUT2D eigenvalue weighted by molar-refractivity contribution is 0.482. The van der Waals surface area contributed by atoms with Gasteiger partial charge in [0.1, 0.15) is 4.90 Å². The van der Waals surface area contributed by atoms with Crippen LogP contribution in [0.3, 0.4) is 0 Å². The average Bonchev–Trinajstić information content (AvgIpc) is 2.24. The van der Waals surface area contributed by atoms with E-state index >= 15 is 0 Å². The van der Waals surface area contributed by atoms with Crippen LogP contribution < -0.4 is 0 Å². The van der Waals surface area contributed by atoms with Gasteiger partial charge < -0.3 is 0 Å². The minimum Gasteiger partial charge on any atom is -0.282 e. The summed E-state index contributed by atoms with van der Waals surface area (Å²) in [5.41, 5.74) is 1.40. The van der Waals surface area contributed by atoms with Gasteiger partial charge in [-0.2, -0.15) is 16.8 Å². The van der Waals surface area contributed by atoms with E-state index in [1.165, 1.54) is 12.1 Å². The van der Waals surface area contributed by atoms with Crippen LogP contribution in [-0.4, -0.2) is 25.9 Å². The molecular formula is C12H12O6S2. The number of aryl methyl sites for hydroxylation is 2. The number of benzene rings is 2. The summed E-state index contributed by atoms with van der Waals surface area (Å²) in [7, 11) is -9.20. The molecule has 0 saturated heterocycles. The lowest BCUT2D eigenvalue weighted by Crippen LogP contribution is -2.05. The second-order valence-corrected chi connectivity index (χ2v) is 7.36. The maximum atomic E-state index is 11.4. The van der Waals surface area contributed by atoms with E-state index in [0.29, 0.717) is 10.9 Å². The molecule has 0 aliphatic heterocycles. The zero-order valence-corrected chi connectivity index (χ0v) is 12.3. The molecule has 8 heteroatoms. The molecule has 0 aromatic heterocycles. The summed E-state index contributed by atoms with van der Waals surface area (Å²) in [5.74, 6) is 0. The fraction of sp³-hybridized carbons (Fsp3) is 0.167. The molecule has 2 aromatic carbocycles. The minimum absolute atomic E-state index is 0.206. The van der Waals surface area contributed by atoms with Crippen molar-refractivity contribution in [1.82, 2.24) is 0 Å². The van der Waals surface area contributed by atoms with Crippen molar-refractivity contribution in [3.05, 3.63) is 35.4 Å². The highest BCUT2D eigenvalue weighted by atomic mass is 32.2. The quantitative estimate of drug-likeness (QED) is 0.820. The first-order chi connectivity index (χ1) is 9.00. The second kappa shape index (κ2) is 4.52. The van der Waals surface area contributed by atoms with Gasteiger partial charge in [0.05, 0.1) is 4.90 Å². The lowest BCUT2D eigenvalue weighted by atomic mass is 10.0. The van der Waals surface area contributed by atoms with Crippen LogP contribution in [0.25, 0.3) is 10.8 Å². The zero-order valence-electron chi connectivity index (χ0n) is 10.7. The Morgan fingerprint density at radius 3 is 1.90 bits per heavy atom. The van der Waals surface area contributed by atoms with Crippen LogP contribution in [0.5, 0.6) is 0 Å². The van der Waals surface area contributed by atoms with Crippen LogP contribution in [0.1, 0.15) is 11.1 Å². The third kappa shape index (κ3) is 2.68. The van der Waals surface area contributed by atoms with Gasteiger partial charge in [0.25, 0.3) is 20.2 Å². The predicted octanol–water partition coefficient (Wildman–Crippen LogP) is 1.95. The first kappa shape index (κ1) is 14.9. The summed E-state index contributed by atoms with van der Waals surface area (Å²) >= 11 is 0. The van der Waals surface area contributed by atoms with Gasteiger partial charge in [-0.15, -0.1) is 0 Å². The van der Waals surface area contributed by atoms with Gasteiger partial charge in [-0.1, -0.05) is 17.7 Å². The molecule has 0 aliphatic rings. The molecule has 0 fully saturated rings. The Balaban J connectivity index is 3.09. The van der Waals surface area contributed by atoms with E-state index in [0.717, 1.165) is 11.6 Å².